The predicted octanol–water partition coefficient (Wildman–Crippen LogP) is 3.88. The minimum absolute atomic E-state index is 0.117. The van der Waals surface area contributed by atoms with E-state index >= 15 is 0 Å². The molecule has 2 aromatic carbocycles. The van der Waals surface area contributed by atoms with Gasteiger partial charge < -0.3 is 19.7 Å². The van der Waals surface area contributed by atoms with Gasteiger partial charge in [-0.2, -0.15) is 0 Å². The van der Waals surface area contributed by atoms with Gasteiger partial charge in [0.1, 0.15) is 11.6 Å². The summed E-state index contributed by atoms with van der Waals surface area (Å²) in [5, 5.41) is 2.83. The lowest BCUT2D eigenvalue weighted by atomic mass is 10.1. The average Bonchev–Trinajstić information content (AvgIpc) is 3.29. The molecular weight excluding hydrogens is 454 g/mol. The maximum Gasteiger partial charge on any atom is 0.573 e. The first-order chi connectivity index (χ1) is 16.3. The number of alkyl halides is 3. The summed E-state index contributed by atoms with van der Waals surface area (Å²) in [5.74, 6) is -0.455. The smallest absolute Gasteiger partial charge is 0.406 e. The summed E-state index contributed by atoms with van der Waals surface area (Å²) in [5.41, 5.74) is 1.66. The number of morpholine rings is 1. The Kier molecular flexibility index (Phi) is 6.11. The predicted molar refractivity (Wildman–Crippen MR) is 117 cm³/mol. The van der Waals surface area contributed by atoms with Crippen LogP contribution in [0.2, 0.25) is 0 Å². The summed E-state index contributed by atoms with van der Waals surface area (Å²) in [6.07, 6.45) is -4.72. The molecule has 3 fully saturated rings. The van der Waals surface area contributed by atoms with Crippen LogP contribution in [-0.2, 0) is 16.1 Å². The fourth-order valence-corrected chi connectivity index (χ4v) is 5.10. The van der Waals surface area contributed by atoms with Crippen LogP contribution in [0.3, 0.4) is 0 Å². The van der Waals surface area contributed by atoms with Gasteiger partial charge in [0, 0.05) is 44.3 Å². The summed E-state index contributed by atoms with van der Waals surface area (Å²) < 4.78 is 61.2. The molecule has 2 saturated heterocycles. The first-order valence-electron chi connectivity index (χ1n) is 11.3. The van der Waals surface area contributed by atoms with Gasteiger partial charge in [0.15, 0.2) is 0 Å². The molecule has 0 aromatic heterocycles. The van der Waals surface area contributed by atoms with Gasteiger partial charge in [-0.3, -0.25) is 9.69 Å². The monoisotopic (exact) mass is 479 g/mol. The van der Waals surface area contributed by atoms with E-state index in [0.29, 0.717) is 57.3 Å². The Bertz CT molecular complexity index is 1050. The molecule has 2 aliphatic heterocycles. The third kappa shape index (κ3) is 5.12. The first-order valence-corrected chi connectivity index (χ1v) is 11.3. The lowest BCUT2D eigenvalue weighted by Gasteiger charge is -2.29. The highest BCUT2D eigenvalue weighted by atomic mass is 19.4. The molecular formula is C24H25F4N3O3. The summed E-state index contributed by atoms with van der Waals surface area (Å²) in [6, 6.07) is 10.7. The van der Waals surface area contributed by atoms with Crippen molar-refractivity contribution in [1.29, 1.82) is 0 Å². The number of halogens is 4. The number of anilines is 2. The van der Waals surface area contributed by atoms with E-state index in [0.717, 1.165) is 5.56 Å². The van der Waals surface area contributed by atoms with E-state index in [2.05, 4.69) is 15.0 Å². The van der Waals surface area contributed by atoms with Crippen LogP contribution >= 0.6 is 0 Å². The Morgan fingerprint density at radius 1 is 1.09 bits per heavy atom. The molecule has 2 aromatic rings. The topological polar surface area (TPSA) is 54.0 Å². The van der Waals surface area contributed by atoms with Crippen LogP contribution in [0.5, 0.6) is 5.75 Å². The second-order valence-electron chi connectivity index (χ2n) is 9.00. The summed E-state index contributed by atoms with van der Waals surface area (Å²) >= 11 is 0. The Morgan fingerprint density at radius 3 is 2.50 bits per heavy atom. The molecule has 2 atom stereocenters. The van der Waals surface area contributed by atoms with E-state index in [1.54, 1.807) is 18.2 Å². The second kappa shape index (κ2) is 9.07. The highest BCUT2D eigenvalue weighted by molar-refractivity contribution is 5.95. The molecule has 10 heteroatoms. The van der Waals surface area contributed by atoms with Gasteiger partial charge in [0.05, 0.1) is 18.9 Å². The molecule has 2 heterocycles. The third-order valence-corrected chi connectivity index (χ3v) is 6.68. The van der Waals surface area contributed by atoms with Crippen molar-refractivity contribution >= 4 is 17.3 Å². The number of nitrogens with zero attached hydrogens (tertiary/aromatic N) is 2. The second-order valence-corrected chi connectivity index (χ2v) is 9.00. The fraction of sp³-hybridized carbons (Fsp3) is 0.458. The number of piperidine rings is 1. The molecule has 1 amide bonds. The van der Waals surface area contributed by atoms with Gasteiger partial charge in [-0.25, -0.2) is 4.39 Å². The largest absolute Gasteiger partial charge is 0.573 e. The molecule has 2 unspecified atom stereocenters. The Morgan fingerprint density at radius 2 is 1.82 bits per heavy atom. The molecule has 0 radical (unpaired) electrons. The van der Waals surface area contributed by atoms with Crippen LogP contribution in [0.25, 0.3) is 0 Å². The molecule has 0 spiro atoms. The maximum atomic E-state index is 14.6. The van der Waals surface area contributed by atoms with Gasteiger partial charge >= 0.3 is 6.36 Å². The van der Waals surface area contributed by atoms with E-state index in [1.165, 1.54) is 24.3 Å². The number of hydrogen-bond donors (Lipinski definition) is 1. The molecule has 0 bridgehead atoms. The van der Waals surface area contributed by atoms with Gasteiger partial charge in [-0.15, -0.1) is 13.2 Å². The Hall–Kier alpha value is -2.85. The molecule has 6 nitrogen and oxygen atoms in total. The molecule has 1 N–H and O–H groups in total. The maximum absolute atomic E-state index is 14.6. The average molecular weight is 479 g/mol. The Labute approximate surface area is 194 Å². The summed E-state index contributed by atoms with van der Waals surface area (Å²) in [7, 11) is 0. The van der Waals surface area contributed by atoms with Crippen LogP contribution in [0.1, 0.15) is 5.56 Å². The number of likely N-dealkylation sites (tertiary alicyclic amines) is 1. The SMILES string of the molecule is O=C(Nc1ccc(N2CCOCC2)c(F)c1)C1C2CN(Cc3cccc(OC(F)(F)F)c3)CC21. The van der Waals surface area contributed by atoms with Crippen LogP contribution in [0.4, 0.5) is 28.9 Å². The van der Waals surface area contributed by atoms with Gasteiger partial charge in [0.2, 0.25) is 5.91 Å². The van der Waals surface area contributed by atoms with Gasteiger partial charge in [-0.1, -0.05) is 12.1 Å². The number of nitrogens with one attached hydrogen (secondary N) is 1. The standard InChI is InChI=1S/C24H25F4N3O3/c25-20-11-16(4-5-21(20)31-6-8-33-9-7-31)29-23(32)22-18-13-30(14-19(18)22)12-15-2-1-3-17(10-15)34-24(26,27)28/h1-5,10-11,18-19,22H,6-9,12-14H2,(H,29,32). The van der Waals surface area contributed by atoms with Crippen LogP contribution < -0.4 is 15.0 Å². The summed E-state index contributed by atoms with van der Waals surface area (Å²) in [4.78, 5) is 16.8. The van der Waals surface area contributed by atoms with Gasteiger partial charge in [-0.05, 0) is 47.7 Å². The number of benzene rings is 2. The number of amides is 1. The van der Waals surface area contributed by atoms with Gasteiger partial charge in [0.25, 0.3) is 0 Å². The van der Waals surface area contributed by atoms with E-state index < -0.39 is 6.36 Å². The van der Waals surface area contributed by atoms with Crippen molar-refractivity contribution in [3.63, 3.8) is 0 Å². The van der Waals surface area contributed by atoms with Crippen molar-refractivity contribution in [3.8, 4) is 5.75 Å². The lowest BCUT2D eigenvalue weighted by Crippen LogP contribution is -2.36. The molecule has 1 saturated carbocycles. The van der Waals surface area contributed by atoms with E-state index in [-0.39, 0.29) is 35.2 Å². The summed E-state index contributed by atoms with van der Waals surface area (Å²) in [6.45, 7) is 4.26. The fourth-order valence-electron chi connectivity index (χ4n) is 5.10. The molecule has 3 aliphatic rings. The number of fused-ring (bicyclic) bond motifs is 1. The highest BCUT2D eigenvalue weighted by Crippen LogP contribution is 2.52. The molecule has 1 aliphatic carbocycles. The number of carbonyl (C=O) groups excluding carboxylic acids is 1. The lowest BCUT2D eigenvalue weighted by molar-refractivity contribution is -0.274. The molecule has 5 rings (SSSR count). The van der Waals surface area contributed by atoms with Crippen molar-refractivity contribution < 1.29 is 31.8 Å². The minimum Gasteiger partial charge on any atom is -0.406 e. The zero-order chi connectivity index (χ0) is 23.9. The minimum atomic E-state index is -4.72. The van der Waals surface area contributed by atoms with Crippen molar-refractivity contribution in [2.45, 2.75) is 12.9 Å². The number of rotatable bonds is 6. The van der Waals surface area contributed by atoms with Crippen LogP contribution in [-0.4, -0.2) is 56.6 Å². The van der Waals surface area contributed by atoms with Crippen molar-refractivity contribution in [1.82, 2.24) is 4.90 Å². The zero-order valence-electron chi connectivity index (χ0n) is 18.4. The highest BCUT2D eigenvalue weighted by Gasteiger charge is 2.59. The third-order valence-electron chi connectivity index (χ3n) is 6.68. The normalized spacial score (nSPS) is 24.6. The van der Waals surface area contributed by atoms with Crippen molar-refractivity contribution in [3.05, 3.63) is 53.8 Å². The first kappa shape index (κ1) is 22.9. The number of hydrogen-bond acceptors (Lipinski definition) is 5. The zero-order valence-corrected chi connectivity index (χ0v) is 18.4. The van der Waals surface area contributed by atoms with Crippen molar-refractivity contribution in [2.24, 2.45) is 17.8 Å². The van der Waals surface area contributed by atoms with Crippen molar-refractivity contribution in [2.75, 3.05) is 49.6 Å². The molecule has 182 valence electrons. The van der Waals surface area contributed by atoms with E-state index in [4.69, 9.17) is 4.74 Å². The van der Waals surface area contributed by atoms with Crippen LogP contribution in [0.15, 0.2) is 42.5 Å². The quantitative estimate of drug-likeness (QED) is 0.638. The molecule has 34 heavy (non-hydrogen) atoms. The number of ether oxygens (including phenoxy) is 2. The van der Waals surface area contributed by atoms with E-state index in [9.17, 15) is 22.4 Å². The van der Waals surface area contributed by atoms with E-state index in [1.807, 2.05) is 4.90 Å². The number of carbonyl (C=O) groups is 1. The van der Waals surface area contributed by atoms with Crippen LogP contribution in [0, 0.1) is 23.6 Å². The Balaban J connectivity index is 1.12.